The molecule has 0 aromatic rings. The highest BCUT2D eigenvalue weighted by atomic mass is 16.6. The maximum atomic E-state index is 11.6. The Hall–Kier alpha value is -1.10. The fourth-order valence-electron chi connectivity index (χ4n) is 2.40. The Labute approximate surface area is 101 Å². The fraction of sp³-hybridized carbons (Fsp3) is 0.833. The van der Waals surface area contributed by atoms with Crippen LogP contribution in [-0.4, -0.2) is 36.2 Å². The maximum Gasteiger partial charge on any atom is 0.407 e. The zero-order valence-electron chi connectivity index (χ0n) is 10.5. The van der Waals surface area contributed by atoms with Gasteiger partial charge in [-0.3, -0.25) is 4.79 Å². The summed E-state index contributed by atoms with van der Waals surface area (Å²) in [5.74, 6) is 0.339. The van der Waals surface area contributed by atoms with Crippen molar-refractivity contribution in [1.29, 1.82) is 0 Å². The minimum Gasteiger partial charge on any atom is -0.444 e. The van der Waals surface area contributed by atoms with Crippen molar-refractivity contribution < 1.29 is 19.1 Å². The zero-order chi connectivity index (χ0) is 12.6. The van der Waals surface area contributed by atoms with Crippen molar-refractivity contribution in [2.75, 3.05) is 6.61 Å². The first kappa shape index (κ1) is 12.4. The third kappa shape index (κ3) is 2.97. The van der Waals surface area contributed by atoms with E-state index in [2.05, 4.69) is 5.32 Å². The number of nitrogens with one attached hydrogen (secondary N) is 1. The molecule has 1 saturated carbocycles. The first-order valence-electron chi connectivity index (χ1n) is 5.98. The van der Waals surface area contributed by atoms with E-state index in [1.165, 1.54) is 0 Å². The van der Waals surface area contributed by atoms with Crippen LogP contribution in [0, 0.1) is 5.92 Å². The highest BCUT2D eigenvalue weighted by molar-refractivity contribution is 5.82. The van der Waals surface area contributed by atoms with E-state index in [1.807, 2.05) is 20.8 Å². The lowest BCUT2D eigenvalue weighted by Crippen LogP contribution is -2.43. The Morgan fingerprint density at radius 2 is 2.12 bits per heavy atom. The van der Waals surface area contributed by atoms with Gasteiger partial charge in [0.15, 0.2) is 0 Å². The predicted molar refractivity (Wildman–Crippen MR) is 60.6 cm³/mol. The summed E-state index contributed by atoms with van der Waals surface area (Å²) in [6.45, 7) is 5.93. The van der Waals surface area contributed by atoms with Gasteiger partial charge < -0.3 is 14.8 Å². The van der Waals surface area contributed by atoms with E-state index in [0.29, 0.717) is 19.4 Å². The molecule has 5 heteroatoms. The summed E-state index contributed by atoms with van der Waals surface area (Å²) in [4.78, 5) is 22.9. The van der Waals surface area contributed by atoms with E-state index in [1.54, 1.807) is 0 Å². The minimum absolute atomic E-state index is 0.0116. The quantitative estimate of drug-likeness (QED) is 0.750. The van der Waals surface area contributed by atoms with Gasteiger partial charge in [-0.25, -0.2) is 4.79 Å². The Morgan fingerprint density at radius 3 is 2.76 bits per heavy atom. The molecule has 0 spiro atoms. The number of Topliss-reactive ketones (excluding diaryl/α,β-unsaturated/α-hetero) is 1. The lowest BCUT2D eigenvalue weighted by atomic mass is 10.00. The molecule has 1 unspecified atom stereocenters. The van der Waals surface area contributed by atoms with Crippen molar-refractivity contribution in [3.05, 3.63) is 0 Å². The lowest BCUT2D eigenvalue weighted by Gasteiger charge is -2.23. The van der Waals surface area contributed by atoms with Crippen LogP contribution < -0.4 is 5.32 Å². The molecule has 5 nitrogen and oxygen atoms in total. The Balaban J connectivity index is 1.88. The van der Waals surface area contributed by atoms with Crippen LogP contribution in [0.25, 0.3) is 0 Å². The summed E-state index contributed by atoms with van der Waals surface area (Å²) < 4.78 is 10.7. The highest BCUT2D eigenvalue weighted by Crippen LogP contribution is 2.34. The molecule has 0 radical (unpaired) electrons. The highest BCUT2D eigenvalue weighted by Gasteiger charge is 2.45. The molecule has 2 aliphatic rings. The summed E-state index contributed by atoms with van der Waals surface area (Å²) in [7, 11) is 0. The van der Waals surface area contributed by atoms with Crippen LogP contribution in [0.15, 0.2) is 0 Å². The van der Waals surface area contributed by atoms with E-state index >= 15 is 0 Å². The number of ether oxygens (including phenoxy) is 2. The Morgan fingerprint density at radius 1 is 1.41 bits per heavy atom. The number of fused-ring (bicyclic) bond motifs is 1. The van der Waals surface area contributed by atoms with Crippen LogP contribution in [0.5, 0.6) is 0 Å². The fourth-order valence-corrected chi connectivity index (χ4v) is 2.40. The molecule has 0 bridgehead atoms. The first-order valence-corrected chi connectivity index (χ1v) is 5.98. The molecule has 1 amide bonds. The van der Waals surface area contributed by atoms with Gasteiger partial charge in [-0.1, -0.05) is 0 Å². The second kappa shape index (κ2) is 4.29. The molecule has 3 atom stereocenters. The zero-order valence-corrected chi connectivity index (χ0v) is 10.5. The van der Waals surface area contributed by atoms with E-state index in [4.69, 9.17) is 9.47 Å². The van der Waals surface area contributed by atoms with Crippen molar-refractivity contribution in [1.82, 2.24) is 5.32 Å². The number of hydrogen-bond donors (Lipinski definition) is 1. The first-order chi connectivity index (χ1) is 7.85. The number of rotatable bonds is 1. The molecule has 17 heavy (non-hydrogen) atoms. The van der Waals surface area contributed by atoms with Gasteiger partial charge in [-0.2, -0.15) is 0 Å². The summed E-state index contributed by atoms with van der Waals surface area (Å²) in [6, 6.07) is -0.0960. The number of hydrogen-bond acceptors (Lipinski definition) is 4. The van der Waals surface area contributed by atoms with Gasteiger partial charge in [0.25, 0.3) is 0 Å². The molecule has 1 aliphatic carbocycles. The molecule has 1 heterocycles. The van der Waals surface area contributed by atoms with Crippen molar-refractivity contribution in [3.8, 4) is 0 Å². The largest absolute Gasteiger partial charge is 0.444 e. The number of carbonyl (C=O) groups excluding carboxylic acids is 2. The van der Waals surface area contributed by atoms with Gasteiger partial charge in [-0.05, 0) is 20.8 Å². The molecule has 1 saturated heterocycles. The van der Waals surface area contributed by atoms with Crippen molar-refractivity contribution in [3.63, 3.8) is 0 Å². The molecule has 1 aliphatic heterocycles. The molecule has 96 valence electrons. The Bertz CT molecular complexity index is 334. The van der Waals surface area contributed by atoms with Crippen molar-refractivity contribution in [2.45, 2.75) is 51.4 Å². The van der Waals surface area contributed by atoms with Crippen LogP contribution in [-0.2, 0) is 14.3 Å². The third-order valence-corrected chi connectivity index (χ3v) is 3.08. The number of amides is 1. The molecule has 0 aromatic heterocycles. The molecule has 1 N–H and O–H groups in total. The number of alkyl carbamates (subject to hydrolysis) is 1. The SMILES string of the molecule is CC(C)(C)OC(=O)NC1CO[C@@H]2CC(=O)C[C@H]12. The second-order valence-electron chi connectivity index (χ2n) is 5.74. The van der Waals surface area contributed by atoms with Gasteiger partial charge in [-0.15, -0.1) is 0 Å². The van der Waals surface area contributed by atoms with E-state index in [9.17, 15) is 9.59 Å². The van der Waals surface area contributed by atoms with Crippen LogP contribution >= 0.6 is 0 Å². The monoisotopic (exact) mass is 241 g/mol. The Kier molecular flexibility index (Phi) is 3.12. The molecule has 0 aromatic carbocycles. The lowest BCUT2D eigenvalue weighted by molar-refractivity contribution is -0.118. The normalized spacial score (nSPS) is 32.4. The molecule has 2 fully saturated rings. The van der Waals surface area contributed by atoms with Gasteiger partial charge >= 0.3 is 6.09 Å². The van der Waals surface area contributed by atoms with Crippen LogP contribution in [0.1, 0.15) is 33.6 Å². The van der Waals surface area contributed by atoms with E-state index in [-0.39, 0.29) is 23.8 Å². The van der Waals surface area contributed by atoms with Crippen LogP contribution in [0.3, 0.4) is 0 Å². The van der Waals surface area contributed by atoms with Gasteiger partial charge in [0.1, 0.15) is 11.4 Å². The molecular weight excluding hydrogens is 222 g/mol. The summed E-state index contributed by atoms with van der Waals surface area (Å²) in [6.07, 6.45) is 0.538. The third-order valence-electron chi connectivity index (χ3n) is 3.08. The summed E-state index contributed by atoms with van der Waals surface area (Å²) >= 11 is 0. The average molecular weight is 241 g/mol. The summed E-state index contributed by atoms with van der Waals surface area (Å²) in [5.41, 5.74) is -0.506. The average Bonchev–Trinajstić information content (AvgIpc) is 2.63. The topological polar surface area (TPSA) is 64.6 Å². The molecule has 2 rings (SSSR count). The van der Waals surface area contributed by atoms with Crippen molar-refractivity contribution >= 4 is 11.9 Å². The minimum atomic E-state index is -0.506. The van der Waals surface area contributed by atoms with E-state index in [0.717, 1.165) is 0 Å². The maximum absolute atomic E-state index is 11.6. The van der Waals surface area contributed by atoms with Gasteiger partial charge in [0, 0.05) is 18.8 Å². The van der Waals surface area contributed by atoms with Crippen LogP contribution in [0.2, 0.25) is 0 Å². The molecular formula is C12H19NO4. The summed E-state index contributed by atoms with van der Waals surface area (Å²) in [5, 5.41) is 2.79. The van der Waals surface area contributed by atoms with E-state index < -0.39 is 11.7 Å². The van der Waals surface area contributed by atoms with Crippen molar-refractivity contribution in [2.24, 2.45) is 5.92 Å². The standard InChI is InChI=1S/C12H19NO4/c1-12(2,3)17-11(15)13-9-6-16-10-5-7(14)4-8(9)10/h8-10H,4-6H2,1-3H3,(H,13,15)/t8-,9?,10-/m1/s1. The smallest absolute Gasteiger partial charge is 0.407 e. The second-order valence-corrected chi connectivity index (χ2v) is 5.74. The predicted octanol–water partition coefficient (Wildman–Crippen LogP) is 1.26. The number of carbonyl (C=O) groups is 2. The van der Waals surface area contributed by atoms with Gasteiger partial charge in [0.05, 0.1) is 18.8 Å². The van der Waals surface area contributed by atoms with Gasteiger partial charge in [0.2, 0.25) is 0 Å². The number of ketones is 1. The van der Waals surface area contributed by atoms with Crippen LogP contribution in [0.4, 0.5) is 4.79 Å².